The Morgan fingerprint density at radius 2 is 1.58 bits per heavy atom. The third-order valence-electron chi connectivity index (χ3n) is 4.31. The highest BCUT2D eigenvalue weighted by Crippen LogP contribution is 2.23. The number of carboxylic acids is 1. The van der Waals surface area contributed by atoms with Gasteiger partial charge in [0.15, 0.2) is 0 Å². The van der Waals surface area contributed by atoms with E-state index in [-0.39, 0.29) is 11.4 Å². The highest BCUT2D eigenvalue weighted by Gasteiger charge is 2.12. The predicted molar refractivity (Wildman–Crippen MR) is 94.4 cm³/mol. The van der Waals surface area contributed by atoms with Crippen LogP contribution in [-0.2, 0) is 4.79 Å². The molecule has 1 fully saturated rings. The second-order valence-electron chi connectivity index (χ2n) is 6.01. The van der Waals surface area contributed by atoms with Crippen LogP contribution in [0.25, 0.3) is 11.6 Å². The smallest absolute Gasteiger partial charge is 0.336 e. The minimum atomic E-state index is -1.03. The van der Waals surface area contributed by atoms with Gasteiger partial charge >= 0.3 is 5.97 Å². The molecule has 24 heavy (non-hydrogen) atoms. The van der Waals surface area contributed by atoms with E-state index in [0.717, 1.165) is 18.7 Å². The van der Waals surface area contributed by atoms with Crippen LogP contribution in [0.2, 0.25) is 0 Å². The van der Waals surface area contributed by atoms with Crippen LogP contribution < -0.4 is 4.90 Å². The Bertz CT molecular complexity index is 729. The number of hydrogen-bond donors (Lipinski definition) is 1. The van der Waals surface area contributed by atoms with Crippen molar-refractivity contribution in [2.24, 2.45) is 0 Å². The highest BCUT2D eigenvalue weighted by atomic mass is 19.1. The third kappa shape index (κ3) is 3.82. The fourth-order valence-corrected chi connectivity index (χ4v) is 3.00. The molecular formula is C20H20FNO2. The van der Waals surface area contributed by atoms with Gasteiger partial charge in [-0.05, 0) is 60.7 Å². The lowest BCUT2D eigenvalue weighted by molar-refractivity contribution is -0.130. The molecule has 0 spiro atoms. The van der Waals surface area contributed by atoms with Gasteiger partial charge in [0.05, 0.1) is 5.57 Å². The molecule has 1 aliphatic rings. The maximum atomic E-state index is 13.0. The Hall–Kier alpha value is -2.62. The first-order valence-corrected chi connectivity index (χ1v) is 8.19. The van der Waals surface area contributed by atoms with E-state index in [9.17, 15) is 14.3 Å². The molecule has 0 aromatic heterocycles. The Morgan fingerprint density at radius 1 is 0.958 bits per heavy atom. The van der Waals surface area contributed by atoms with Crippen molar-refractivity contribution in [1.29, 1.82) is 0 Å². The number of piperidine rings is 1. The number of aliphatic carboxylic acids is 1. The van der Waals surface area contributed by atoms with Crippen LogP contribution in [0.3, 0.4) is 0 Å². The number of halogens is 1. The Labute approximate surface area is 141 Å². The van der Waals surface area contributed by atoms with E-state index in [2.05, 4.69) is 4.90 Å². The number of nitrogens with zero attached hydrogens (tertiary/aromatic N) is 1. The summed E-state index contributed by atoms with van der Waals surface area (Å²) >= 11 is 0. The maximum absolute atomic E-state index is 13.0. The number of carboxylic acid groups (broad SMARTS) is 1. The standard InChI is InChI=1S/C20H20FNO2/c21-17-8-6-16(7-9-17)19(20(23)24)14-15-4-10-18(11-5-15)22-12-2-1-3-13-22/h4-11,14H,1-3,12-13H2,(H,23,24)/b19-14-. The molecule has 0 aliphatic carbocycles. The van der Waals surface area contributed by atoms with Crippen molar-refractivity contribution >= 4 is 23.3 Å². The van der Waals surface area contributed by atoms with Gasteiger partial charge in [0.1, 0.15) is 5.82 Å². The third-order valence-corrected chi connectivity index (χ3v) is 4.31. The topological polar surface area (TPSA) is 40.5 Å². The first kappa shape index (κ1) is 16.2. The Kier molecular flexibility index (Phi) is 4.94. The van der Waals surface area contributed by atoms with Crippen molar-refractivity contribution in [3.8, 4) is 0 Å². The molecule has 1 saturated heterocycles. The van der Waals surface area contributed by atoms with Crippen LogP contribution in [0.15, 0.2) is 48.5 Å². The summed E-state index contributed by atoms with van der Waals surface area (Å²) in [4.78, 5) is 13.9. The second-order valence-corrected chi connectivity index (χ2v) is 6.01. The Balaban J connectivity index is 1.84. The first-order chi connectivity index (χ1) is 11.6. The predicted octanol–water partition coefficient (Wildman–Crippen LogP) is 4.44. The lowest BCUT2D eigenvalue weighted by atomic mass is 10.0. The summed E-state index contributed by atoms with van der Waals surface area (Å²) in [7, 11) is 0. The second kappa shape index (κ2) is 7.30. The van der Waals surface area contributed by atoms with Crippen LogP contribution >= 0.6 is 0 Å². The van der Waals surface area contributed by atoms with Crippen molar-refractivity contribution in [2.75, 3.05) is 18.0 Å². The van der Waals surface area contributed by atoms with E-state index < -0.39 is 5.97 Å². The zero-order chi connectivity index (χ0) is 16.9. The zero-order valence-electron chi connectivity index (χ0n) is 13.4. The molecule has 2 aromatic rings. The monoisotopic (exact) mass is 325 g/mol. The van der Waals surface area contributed by atoms with Crippen molar-refractivity contribution in [1.82, 2.24) is 0 Å². The molecule has 3 nitrogen and oxygen atoms in total. The van der Waals surface area contributed by atoms with Crippen LogP contribution in [0, 0.1) is 5.82 Å². The van der Waals surface area contributed by atoms with Crippen LogP contribution in [0.1, 0.15) is 30.4 Å². The van der Waals surface area contributed by atoms with E-state index >= 15 is 0 Å². The van der Waals surface area contributed by atoms with E-state index in [4.69, 9.17) is 0 Å². The molecule has 1 N–H and O–H groups in total. The molecule has 4 heteroatoms. The summed E-state index contributed by atoms with van der Waals surface area (Å²) in [6.07, 6.45) is 5.34. The van der Waals surface area contributed by atoms with Gasteiger partial charge in [0, 0.05) is 18.8 Å². The summed E-state index contributed by atoms with van der Waals surface area (Å²) in [6, 6.07) is 13.4. The van der Waals surface area contributed by atoms with Crippen LogP contribution in [0.4, 0.5) is 10.1 Å². The molecule has 0 saturated carbocycles. The van der Waals surface area contributed by atoms with Gasteiger partial charge < -0.3 is 10.0 Å². The van der Waals surface area contributed by atoms with Crippen molar-refractivity contribution in [3.05, 3.63) is 65.5 Å². The molecular weight excluding hydrogens is 305 g/mol. The van der Waals surface area contributed by atoms with Crippen molar-refractivity contribution in [3.63, 3.8) is 0 Å². The molecule has 0 unspecified atom stereocenters. The zero-order valence-corrected chi connectivity index (χ0v) is 13.4. The SMILES string of the molecule is O=C(O)/C(=C\c1ccc(N2CCCCC2)cc1)c1ccc(F)cc1. The van der Waals surface area contributed by atoms with Gasteiger partial charge in [-0.3, -0.25) is 0 Å². The van der Waals surface area contributed by atoms with Gasteiger partial charge in [0.2, 0.25) is 0 Å². The van der Waals surface area contributed by atoms with Crippen molar-refractivity contribution < 1.29 is 14.3 Å². The van der Waals surface area contributed by atoms with Gasteiger partial charge in [0.25, 0.3) is 0 Å². The molecule has 1 aliphatic heterocycles. The highest BCUT2D eigenvalue weighted by molar-refractivity contribution is 6.20. The average Bonchev–Trinajstić information content (AvgIpc) is 2.62. The fraction of sp³-hybridized carbons (Fsp3) is 0.250. The summed E-state index contributed by atoms with van der Waals surface area (Å²) < 4.78 is 13.0. The van der Waals surface area contributed by atoms with Gasteiger partial charge in [-0.15, -0.1) is 0 Å². The van der Waals surface area contributed by atoms with Crippen molar-refractivity contribution in [2.45, 2.75) is 19.3 Å². The lowest BCUT2D eigenvalue weighted by Crippen LogP contribution is -2.29. The summed E-state index contributed by atoms with van der Waals surface area (Å²) in [5, 5.41) is 9.45. The maximum Gasteiger partial charge on any atom is 0.336 e. The van der Waals surface area contributed by atoms with Crippen LogP contribution in [-0.4, -0.2) is 24.2 Å². The molecule has 124 valence electrons. The number of carbonyl (C=O) groups is 1. The molecule has 3 rings (SSSR count). The molecule has 0 bridgehead atoms. The molecule has 0 atom stereocenters. The number of hydrogen-bond acceptors (Lipinski definition) is 2. The van der Waals surface area contributed by atoms with E-state index in [1.54, 1.807) is 6.08 Å². The van der Waals surface area contributed by atoms with E-state index in [0.29, 0.717) is 5.56 Å². The van der Waals surface area contributed by atoms with Gasteiger partial charge in [-0.2, -0.15) is 0 Å². The van der Waals surface area contributed by atoms with Gasteiger partial charge in [-0.1, -0.05) is 24.3 Å². The lowest BCUT2D eigenvalue weighted by Gasteiger charge is -2.28. The summed E-state index contributed by atoms with van der Waals surface area (Å²) in [6.45, 7) is 2.15. The van der Waals surface area contributed by atoms with E-state index in [1.165, 1.54) is 49.2 Å². The molecule has 2 aromatic carbocycles. The fourth-order valence-electron chi connectivity index (χ4n) is 3.00. The molecule has 0 amide bonds. The number of rotatable bonds is 4. The molecule has 0 radical (unpaired) electrons. The quantitative estimate of drug-likeness (QED) is 0.667. The Morgan fingerprint density at radius 3 is 2.17 bits per heavy atom. The minimum absolute atomic E-state index is 0.153. The first-order valence-electron chi connectivity index (χ1n) is 8.19. The van der Waals surface area contributed by atoms with Gasteiger partial charge in [-0.25, -0.2) is 9.18 Å². The largest absolute Gasteiger partial charge is 0.478 e. The minimum Gasteiger partial charge on any atom is -0.478 e. The van der Waals surface area contributed by atoms with E-state index in [1.807, 2.05) is 24.3 Å². The normalized spacial score (nSPS) is 15.4. The summed E-state index contributed by atoms with van der Waals surface area (Å²) in [5.74, 6) is -1.41. The molecule has 1 heterocycles. The number of benzene rings is 2. The summed E-state index contributed by atoms with van der Waals surface area (Å²) in [5.41, 5.74) is 2.63. The van der Waals surface area contributed by atoms with Crippen LogP contribution in [0.5, 0.6) is 0 Å². The number of anilines is 1. The average molecular weight is 325 g/mol.